The Morgan fingerprint density at radius 1 is 0.764 bits per heavy atom. The molecule has 0 atom stereocenters. The smallest absolute Gasteiger partial charge is 0.307 e. The lowest BCUT2D eigenvalue weighted by atomic mass is 9.93. The molecule has 4 aromatic carbocycles. The highest BCUT2D eigenvalue weighted by atomic mass is 16.2. The van der Waals surface area contributed by atoms with Crippen LogP contribution in [0.5, 0.6) is 0 Å². The molecule has 0 aliphatic rings. The van der Waals surface area contributed by atoms with Crippen LogP contribution in [0.1, 0.15) is 87.1 Å². The third kappa shape index (κ3) is 9.59. The molecule has 2 aromatic heterocycles. The lowest BCUT2D eigenvalue weighted by molar-refractivity contribution is 0.262. The van der Waals surface area contributed by atoms with Crippen molar-refractivity contribution in [2.24, 2.45) is 0 Å². The average molecular weight is 730 g/mol. The fraction of sp³-hybridized carbons (Fsp3) is 0.271. The number of nitrogens with one attached hydrogen (secondary N) is 2. The number of nitrogens with zero attached hydrogens (tertiary/aromatic N) is 3. The number of rotatable bonds is 13. The van der Waals surface area contributed by atoms with E-state index in [1.165, 1.54) is 11.1 Å². The molecule has 0 aliphatic heterocycles. The molecule has 0 radical (unpaired) electrons. The minimum absolute atomic E-state index is 0.190. The molecule has 0 saturated carbocycles. The molecular formula is C48H51N5O2. The van der Waals surface area contributed by atoms with Crippen LogP contribution in [0, 0.1) is 11.8 Å². The first-order chi connectivity index (χ1) is 26.7. The van der Waals surface area contributed by atoms with Crippen molar-refractivity contribution in [3.05, 3.63) is 160 Å². The monoisotopic (exact) mass is 729 g/mol. The highest BCUT2D eigenvalue weighted by Crippen LogP contribution is 2.35. The van der Waals surface area contributed by atoms with Crippen molar-refractivity contribution < 1.29 is 4.79 Å². The lowest BCUT2D eigenvalue weighted by Gasteiger charge is -2.22. The van der Waals surface area contributed by atoms with E-state index in [4.69, 9.17) is 4.98 Å². The zero-order valence-electron chi connectivity index (χ0n) is 32.6. The third-order valence-corrected chi connectivity index (χ3v) is 9.79. The van der Waals surface area contributed by atoms with E-state index in [9.17, 15) is 9.59 Å². The predicted octanol–water partition coefficient (Wildman–Crippen LogP) is 10.8. The number of aromatic nitrogens is 2. The molecule has 55 heavy (non-hydrogen) atoms. The van der Waals surface area contributed by atoms with E-state index in [1.54, 1.807) is 10.8 Å². The number of amides is 2. The van der Waals surface area contributed by atoms with Crippen molar-refractivity contribution in [1.82, 2.24) is 14.5 Å². The van der Waals surface area contributed by atoms with Crippen LogP contribution in [0.25, 0.3) is 22.2 Å². The molecule has 6 aromatic rings. The molecule has 0 bridgehead atoms. The number of hydrogen-bond acceptors (Lipinski definition) is 4. The van der Waals surface area contributed by atoms with Gasteiger partial charge in [0.1, 0.15) is 11.3 Å². The number of unbranched alkanes of at least 4 members (excludes halogenated alkanes) is 1. The summed E-state index contributed by atoms with van der Waals surface area (Å²) in [5, 5.41) is 6.97. The van der Waals surface area contributed by atoms with Crippen molar-refractivity contribution in [2.75, 3.05) is 17.2 Å². The first kappa shape index (κ1) is 38.7. The topological polar surface area (TPSA) is 79.3 Å². The van der Waals surface area contributed by atoms with Gasteiger partial charge >= 0.3 is 6.03 Å². The van der Waals surface area contributed by atoms with Gasteiger partial charge in [0.2, 0.25) is 0 Å². The van der Waals surface area contributed by atoms with Gasteiger partial charge in [0.25, 0.3) is 5.56 Å². The summed E-state index contributed by atoms with van der Waals surface area (Å²) < 4.78 is 1.69. The SMILES string of the molecule is CCCCn1c(=O)c(NC(=O)Nc2c(C(C)C)cccc2C(C)C)c(-c2cccc(C#CCN(Cc3ccccc3)Cc3ccccc3)c2)c2cccnc21. The van der Waals surface area contributed by atoms with Gasteiger partial charge in [-0.05, 0) is 70.3 Å². The molecule has 2 heterocycles. The van der Waals surface area contributed by atoms with Crippen LogP contribution < -0.4 is 16.2 Å². The van der Waals surface area contributed by atoms with Gasteiger partial charge in [0, 0.05) is 48.0 Å². The van der Waals surface area contributed by atoms with Gasteiger partial charge in [0.05, 0.1) is 6.54 Å². The largest absolute Gasteiger partial charge is 0.323 e. The number of benzene rings is 4. The van der Waals surface area contributed by atoms with Crippen molar-refractivity contribution >= 4 is 28.4 Å². The van der Waals surface area contributed by atoms with Crippen LogP contribution >= 0.6 is 0 Å². The summed E-state index contributed by atoms with van der Waals surface area (Å²) in [4.78, 5) is 35.6. The number of aryl methyl sites for hydroxylation is 1. The van der Waals surface area contributed by atoms with E-state index >= 15 is 0 Å². The number of anilines is 2. The van der Waals surface area contributed by atoms with Gasteiger partial charge in [-0.2, -0.15) is 0 Å². The summed E-state index contributed by atoms with van der Waals surface area (Å²) in [5.74, 6) is 7.20. The maximum Gasteiger partial charge on any atom is 0.323 e. The summed E-state index contributed by atoms with van der Waals surface area (Å²) in [5.41, 5.74) is 8.04. The van der Waals surface area contributed by atoms with Gasteiger partial charge < -0.3 is 10.6 Å². The van der Waals surface area contributed by atoms with Gasteiger partial charge in [-0.25, -0.2) is 9.78 Å². The summed E-state index contributed by atoms with van der Waals surface area (Å²) in [7, 11) is 0. The zero-order chi connectivity index (χ0) is 38.7. The Morgan fingerprint density at radius 3 is 2.00 bits per heavy atom. The lowest BCUT2D eigenvalue weighted by Crippen LogP contribution is -2.30. The molecule has 0 spiro atoms. The second kappa shape index (κ2) is 18.4. The van der Waals surface area contributed by atoms with Crippen LogP contribution in [0.15, 0.2) is 126 Å². The van der Waals surface area contributed by atoms with Crippen molar-refractivity contribution in [3.8, 4) is 23.0 Å². The molecule has 2 amide bonds. The number of pyridine rings is 2. The van der Waals surface area contributed by atoms with E-state index in [0.717, 1.165) is 59.3 Å². The van der Waals surface area contributed by atoms with Gasteiger partial charge in [-0.1, -0.05) is 144 Å². The second-order valence-corrected chi connectivity index (χ2v) is 14.6. The van der Waals surface area contributed by atoms with E-state index in [0.29, 0.717) is 24.3 Å². The standard InChI is InChI=1S/C48H51N5O2/c1-6-7-30-53-46-42(27-16-28-49-46)43(45(47(53)54)51-48(55)50-44-40(34(2)3)25-15-26-41(44)35(4)5)39-24-14-22-36(31-39)23-17-29-52(32-37-18-10-8-11-19-37)33-38-20-12-9-13-21-38/h8-16,18-22,24-28,31,34-35H,6-7,29-30,32-33H2,1-5H3,(H2,50,51,55). The Labute approximate surface area is 325 Å². The van der Waals surface area contributed by atoms with E-state index in [2.05, 4.69) is 111 Å². The normalized spacial score (nSPS) is 11.2. The highest BCUT2D eigenvalue weighted by molar-refractivity contribution is 6.07. The Bertz CT molecular complexity index is 2290. The van der Waals surface area contributed by atoms with Gasteiger partial charge in [-0.3, -0.25) is 14.3 Å². The predicted molar refractivity (Wildman–Crippen MR) is 227 cm³/mol. The zero-order valence-corrected chi connectivity index (χ0v) is 32.6. The van der Waals surface area contributed by atoms with Crippen LogP contribution in [0.3, 0.4) is 0 Å². The quantitative estimate of drug-likeness (QED) is 0.116. The first-order valence-corrected chi connectivity index (χ1v) is 19.3. The Balaban J connectivity index is 1.38. The van der Waals surface area contributed by atoms with E-state index in [-0.39, 0.29) is 23.1 Å². The van der Waals surface area contributed by atoms with Crippen molar-refractivity contribution in [3.63, 3.8) is 0 Å². The summed E-state index contributed by atoms with van der Waals surface area (Å²) in [6.45, 7) is 13.2. The third-order valence-electron chi connectivity index (χ3n) is 9.79. The Hall–Kier alpha value is -5.97. The number of fused-ring (bicyclic) bond motifs is 1. The highest BCUT2D eigenvalue weighted by Gasteiger charge is 2.23. The summed E-state index contributed by atoms with van der Waals surface area (Å²) in [6, 6.07) is 38.3. The molecule has 0 aliphatic carbocycles. The molecule has 280 valence electrons. The fourth-order valence-electron chi connectivity index (χ4n) is 7.03. The minimum Gasteiger partial charge on any atom is -0.307 e. The van der Waals surface area contributed by atoms with Crippen LogP contribution in [-0.4, -0.2) is 27.0 Å². The Morgan fingerprint density at radius 2 is 1.38 bits per heavy atom. The average Bonchev–Trinajstić information content (AvgIpc) is 3.18. The molecule has 0 saturated heterocycles. The first-order valence-electron chi connectivity index (χ1n) is 19.3. The maximum absolute atomic E-state index is 14.5. The summed E-state index contributed by atoms with van der Waals surface area (Å²) >= 11 is 0. The van der Waals surface area contributed by atoms with Crippen LogP contribution in [0.2, 0.25) is 0 Å². The molecule has 2 N–H and O–H groups in total. The van der Waals surface area contributed by atoms with Crippen LogP contribution in [0.4, 0.5) is 16.2 Å². The number of hydrogen-bond donors (Lipinski definition) is 2. The Kier molecular flexibility index (Phi) is 12.9. The molecule has 7 heteroatoms. The number of carbonyl (C=O) groups is 1. The second-order valence-electron chi connectivity index (χ2n) is 14.6. The van der Waals surface area contributed by atoms with Gasteiger partial charge in [0.15, 0.2) is 0 Å². The van der Waals surface area contributed by atoms with E-state index in [1.807, 2.05) is 66.7 Å². The van der Waals surface area contributed by atoms with Crippen molar-refractivity contribution in [2.45, 2.75) is 78.9 Å². The number of para-hydroxylation sites is 1. The van der Waals surface area contributed by atoms with Crippen LogP contribution in [-0.2, 0) is 19.6 Å². The van der Waals surface area contributed by atoms with Crippen molar-refractivity contribution in [1.29, 1.82) is 0 Å². The number of carbonyl (C=O) groups excluding carboxylic acids is 1. The molecule has 0 unspecified atom stereocenters. The molecular weight excluding hydrogens is 679 g/mol. The van der Waals surface area contributed by atoms with E-state index < -0.39 is 6.03 Å². The van der Waals surface area contributed by atoms with Gasteiger partial charge in [-0.15, -0.1) is 0 Å². The molecule has 6 rings (SSSR count). The number of urea groups is 1. The maximum atomic E-state index is 14.5. The minimum atomic E-state index is -0.466. The molecule has 7 nitrogen and oxygen atoms in total. The summed E-state index contributed by atoms with van der Waals surface area (Å²) in [6.07, 6.45) is 3.42. The fourth-order valence-corrected chi connectivity index (χ4v) is 7.03. The molecule has 0 fully saturated rings.